The third kappa shape index (κ3) is 8.71. The van der Waals surface area contributed by atoms with E-state index in [9.17, 15) is 9.59 Å². The quantitative estimate of drug-likeness (QED) is 0.200. The first-order chi connectivity index (χ1) is 20.1. The van der Waals surface area contributed by atoms with Gasteiger partial charge in [0.25, 0.3) is 5.91 Å². The maximum atomic E-state index is 13.7. The number of unbranched alkanes of at least 4 members (excludes halogenated alkanes) is 2. The van der Waals surface area contributed by atoms with E-state index in [-0.39, 0.29) is 29.6 Å². The highest BCUT2D eigenvalue weighted by molar-refractivity contribution is 5.93. The van der Waals surface area contributed by atoms with Gasteiger partial charge in [0.05, 0.1) is 21.3 Å². The lowest BCUT2D eigenvalue weighted by molar-refractivity contribution is -0.116. The number of methoxy groups -OCH3 is 3. The third-order valence-corrected chi connectivity index (χ3v) is 7.27. The molecule has 1 atom stereocenters. The van der Waals surface area contributed by atoms with E-state index in [0.29, 0.717) is 29.5 Å². The zero-order chi connectivity index (χ0) is 30.7. The molecule has 0 fully saturated rings. The number of benzene rings is 2. The molecule has 0 aliphatic heterocycles. The van der Waals surface area contributed by atoms with Gasteiger partial charge in [0.2, 0.25) is 5.91 Å². The Morgan fingerprint density at radius 2 is 1.64 bits per heavy atom. The summed E-state index contributed by atoms with van der Waals surface area (Å²) >= 11 is 0. The molecule has 1 heterocycles. The van der Waals surface area contributed by atoms with E-state index >= 15 is 0 Å². The van der Waals surface area contributed by atoms with E-state index in [2.05, 4.69) is 43.3 Å². The highest BCUT2D eigenvalue weighted by Crippen LogP contribution is 2.43. The third-order valence-electron chi connectivity index (χ3n) is 7.27. The summed E-state index contributed by atoms with van der Waals surface area (Å²) in [7, 11) is 4.84. The van der Waals surface area contributed by atoms with Crippen LogP contribution in [0.25, 0.3) is 0 Å². The topological polar surface area (TPSA) is 98.8 Å². The van der Waals surface area contributed by atoms with Gasteiger partial charge in [-0.1, -0.05) is 65.2 Å². The number of amides is 2. The lowest BCUT2D eigenvalue weighted by Crippen LogP contribution is -2.24. The number of anilines is 1. The van der Waals surface area contributed by atoms with Crippen LogP contribution in [0.1, 0.15) is 92.9 Å². The molecule has 3 aromatic rings. The highest BCUT2D eigenvalue weighted by Gasteiger charge is 2.26. The van der Waals surface area contributed by atoms with E-state index in [1.165, 1.54) is 0 Å². The number of nitrogens with one attached hydrogen (secondary N) is 2. The lowest BCUT2D eigenvalue weighted by atomic mass is 9.84. The van der Waals surface area contributed by atoms with Gasteiger partial charge < -0.3 is 24.8 Å². The Labute approximate surface area is 250 Å². The molecule has 0 bridgehead atoms. The Morgan fingerprint density at radius 1 is 0.929 bits per heavy atom. The molecule has 0 radical (unpaired) electrons. The van der Waals surface area contributed by atoms with Gasteiger partial charge in [-0.15, -0.1) is 0 Å². The second-order valence-electron chi connectivity index (χ2n) is 11.4. The standard InChI is InChI=1S/C34H45N3O5/c1-8-9-10-13-24(32-29(41-6)20-25(40-5)21-30(32)42-7)19-31(38)37-28-18-23(15-16-26(28)34(2,3)4)22-36-33(39)27-14-11-12-17-35-27/h11-12,14-18,20-21,24H,8-10,13,19,22H2,1-7H3,(H,36,39)(H,37,38). The number of aromatic nitrogens is 1. The number of hydrogen-bond donors (Lipinski definition) is 2. The Hall–Kier alpha value is -4.07. The number of hydrogen-bond acceptors (Lipinski definition) is 6. The van der Waals surface area contributed by atoms with Crippen molar-refractivity contribution in [1.29, 1.82) is 0 Å². The molecule has 0 spiro atoms. The van der Waals surface area contributed by atoms with Crippen LogP contribution < -0.4 is 24.8 Å². The van der Waals surface area contributed by atoms with Crippen LogP contribution >= 0.6 is 0 Å². The van der Waals surface area contributed by atoms with Gasteiger partial charge in [-0.05, 0) is 47.1 Å². The fourth-order valence-electron chi connectivity index (χ4n) is 5.08. The molecule has 0 saturated carbocycles. The van der Waals surface area contributed by atoms with Crippen molar-refractivity contribution in [2.45, 2.75) is 77.7 Å². The van der Waals surface area contributed by atoms with Crippen molar-refractivity contribution in [3.8, 4) is 17.2 Å². The van der Waals surface area contributed by atoms with E-state index in [0.717, 1.165) is 48.1 Å². The van der Waals surface area contributed by atoms with Gasteiger partial charge in [-0.2, -0.15) is 0 Å². The highest BCUT2D eigenvalue weighted by atomic mass is 16.5. The van der Waals surface area contributed by atoms with E-state index in [4.69, 9.17) is 14.2 Å². The molecule has 3 rings (SSSR count). The van der Waals surface area contributed by atoms with Gasteiger partial charge in [0.1, 0.15) is 22.9 Å². The average Bonchev–Trinajstić information content (AvgIpc) is 2.98. The van der Waals surface area contributed by atoms with E-state index < -0.39 is 0 Å². The zero-order valence-electron chi connectivity index (χ0n) is 26.0. The minimum Gasteiger partial charge on any atom is -0.496 e. The largest absolute Gasteiger partial charge is 0.496 e. The van der Waals surface area contributed by atoms with Gasteiger partial charge in [0, 0.05) is 42.5 Å². The number of pyridine rings is 1. The van der Waals surface area contributed by atoms with Crippen molar-refractivity contribution in [3.05, 3.63) is 77.1 Å². The van der Waals surface area contributed by atoms with Gasteiger partial charge in [-0.25, -0.2) is 0 Å². The van der Waals surface area contributed by atoms with Crippen molar-refractivity contribution in [1.82, 2.24) is 10.3 Å². The molecule has 226 valence electrons. The molecular formula is C34H45N3O5. The fourth-order valence-corrected chi connectivity index (χ4v) is 5.08. The summed E-state index contributed by atoms with van der Waals surface area (Å²) < 4.78 is 16.9. The van der Waals surface area contributed by atoms with Crippen molar-refractivity contribution in [2.75, 3.05) is 26.6 Å². The van der Waals surface area contributed by atoms with Crippen LogP contribution in [-0.2, 0) is 16.8 Å². The smallest absolute Gasteiger partial charge is 0.270 e. The Bertz CT molecular complexity index is 1310. The van der Waals surface area contributed by atoms with Crippen LogP contribution in [0, 0.1) is 0 Å². The zero-order valence-corrected chi connectivity index (χ0v) is 26.0. The molecule has 2 amide bonds. The van der Waals surface area contributed by atoms with Crippen LogP contribution in [0.15, 0.2) is 54.7 Å². The van der Waals surface area contributed by atoms with Crippen molar-refractivity contribution in [2.24, 2.45) is 0 Å². The maximum absolute atomic E-state index is 13.7. The van der Waals surface area contributed by atoms with Crippen LogP contribution in [-0.4, -0.2) is 38.1 Å². The van der Waals surface area contributed by atoms with Gasteiger partial charge >= 0.3 is 0 Å². The molecule has 2 aromatic carbocycles. The second kappa shape index (κ2) is 15.2. The summed E-state index contributed by atoms with van der Waals surface area (Å²) in [5.74, 6) is 1.44. The molecule has 8 nitrogen and oxygen atoms in total. The summed E-state index contributed by atoms with van der Waals surface area (Å²) in [5, 5.41) is 6.11. The van der Waals surface area contributed by atoms with Gasteiger partial charge in [0.15, 0.2) is 0 Å². The van der Waals surface area contributed by atoms with E-state index in [1.54, 1.807) is 45.7 Å². The first-order valence-corrected chi connectivity index (χ1v) is 14.5. The number of ether oxygens (including phenoxy) is 3. The predicted molar refractivity (Wildman–Crippen MR) is 167 cm³/mol. The summed E-state index contributed by atoms with van der Waals surface area (Å²) in [6.45, 7) is 8.81. The number of carbonyl (C=O) groups excluding carboxylic acids is 2. The minimum atomic E-state index is -0.251. The predicted octanol–water partition coefficient (Wildman–Crippen LogP) is 7.03. The van der Waals surface area contributed by atoms with Crippen LogP contribution in [0.5, 0.6) is 17.2 Å². The number of rotatable bonds is 14. The Morgan fingerprint density at radius 3 is 2.21 bits per heavy atom. The Kier molecular flexibility index (Phi) is 11.8. The fraction of sp³-hybridized carbons (Fsp3) is 0.441. The van der Waals surface area contributed by atoms with Crippen molar-refractivity contribution < 1.29 is 23.8 Å². The van der Waals surface area contributed by atoms with E-state index in [1.807, 2.05) is 30.3 Å². The molecule has 1 aromatic heterocycles. The summed E-state index contributed by atoms with van der Waals surface area (Å²) in [6, 6.07) is 14.8. The first-order valence-electron chi connectivity index (χ1n) is 14.5. The lowest BCUT2D eigenvalue weighted by Gasteiger charge is -2.26. The maximum Gasteiger partial charge on any atom is 0.270 e. The van der Waals surface area contributed by atoms with Crippen molar-refractivity contribution in [3.63, 3.8) is 0 Å². The first kappa shape index (κ1) is 32.4. The molecule has 0 saturated heterocycles. The van der Waals surface area contributed by atoms with Crippen molar-refractivity contribution >= 4 is 17.5 Å². The molecule has 1 unspecified atom stereocenters. The van der Waals surface area contributed by atoms with Crippen LogP contribution in [0.4, 0.5) is 5.69 Å². The molecular weight excluding hydrogens is 530 g/mol. The molecule has 0 aliphatic carbocycles. The van der Waals surface area contributed by atoms with Gasteiger partial charge in [-0.3, -0.25) is 14.6 Å². The molecule has 42 heavy (non-hydrogen) atoms. The Balaban J connectivity index is 1.87. The molecule has 0 aliphatic rings. The number of nitrogens with zero attached hydrogens (tertiary/aromatic N) is 1. The summed E-state index contributed by atoms with van der Waals surface area (Å²) in [4.78, 5) is 30.4. The van der Waals surface area contributed by atoms with Crippen LogP contribution in [0.2, 0.25) is 0 Å². The molecule has 2 N–H and O–H groups in total. The monoisotopic (exact) mass is 575 g/mol. The minimum absolute atomic E-state index is 0.100. The molecule has 8 heteroatoms. The van der Waals surface area contributed by atoms with Crippen LogP contribution in [0.3, 0.4) is 0 Å². The average molecular weight is 576 g/mol. The summed E-state index contributed by atoms with van der Waals surface area (Å²) in [5.41, 5.74) is 3.64. The normalized spacial score (nSPS) is 11.9. The second-order valence-corrected chi connectivity index (χ2v) is 11.4. The summed E-state index contributed by atoms with van der Waals surface area (Å²) in [6.07, 6.45) is 5.78. The number of carbonyl (C=O) groups is 2. The SMILES string of the molecule is CCCCCC(CC(=O)Nc1cc(CNC(=O)c2ccccn2)ccc1C(C)(C)C)c1c(OC)cc(OC)cc1OC.